The van der Waals surface area contributed by atoms with Crippen LogP contribution in [0.15, 0.2) is 58.3 Å². The van der Waals surface area contributed by atoms with Crippen molar-refractivity contribution >= 4 is 25.5 Å². The molecule has 0 amide bonds. The second-order valence-electron chi connectivity index (χ2n) is 7.22. The first-order valence-electron chi connectivity index (χ1n) is 9.07. The van der Waals surface area contributed by atoms with E-state index in [0.717, 1.165) is 12.5 Å². The van der Waals surface area contributed by atoms with Crippen LogP contribution in [0.3, 0.4) is 0 Å². The molecule has 0 heterocycles. The lowest BCUT2D eigenvalue weighted by atomic mass is 9.83. The second-order valence-corrected chi connectivity index (χ2v) is 11.3. The summed E-state index contributed by atoms with van der Waals surface area (Å²) in [6.45, 7) is -1.71. The second kappa shape index (κ2) is 9.53. The van der Waals surface area contributed by atoms with Gasteiger partial charge in [0.15, 0.2) is 25.5 Å². The molecule has 0 aliphatic carbocycles. The molecule has 0 aromatic heterocycles. The number of carbonyl (C=O) groups excluding carboxylic acids is 1. The van der Waals surface area contributed by atoms with E-state index in [1.54, 1.807) is 0 Å². The van der Waals surface area contributed by atoms with E-state index < -0.39 is 60.2 Å². The summed E-state index contributed by atoms with van der Waals surface area (Å²) in [5.74, 6) is -3.56. The van der Waals surface area contributed by atoms with E-state index >= 15 is 0 Å². The van der Waals surface area contributed by atoms with Crippen molar-refractivity contribution in [1.82, 2.24) is 0 Å². The van der Waals surface area contributed by atoms with Gasteiger partial charge in [0.2, 0.25) is 13.1 Å². The molecular formula is C19H20N2O9S2. The van der Waals surface area contributed by atoms with Crippen LogP contribution in [-0.2, 0) is 24.5 Å². The molecule has 11 nitrogen and oxygen atoms in total. The highest BCUT2D eigenvalue weighted by molar-refractivity contribution is 7.91. The fourth-order valence-corrected chi connectivity index (χ4v) is 4.42. The highest BCUT2D eigenvalue weighted by Crippen LogP contribution is 2.29. The van der Waals surface area contributed by atoms with E-state index in [-0.39, 0.29) is 20.9 Å². The lowest BCUT2D eigenvalue weighted by molar-refractivity contribution is -0.484. The lowest BCUT2D eigenvalue weighted by Gasteiger charge is -2.19. The van der Waals surface area contributed by atoms with Gasteiger partial charge in [0.05, 0.1) is 9.79 Å². The van der Waals surface area contributed by atoms with Crippen LogP contribution in [-0.4, -0.2) is 58.1 Å². The van der Waals surface area contributed by atoms with E-state index in [2.05, 4.69) is 0 Å². The van der Waals surface area contributed by atoms with Crippen LogP contribution >= 0.6 is 0 Å². The number of nitro groups is 2. The van der Waals surface area contributed by atoms with Crippen LogP contribution in [0, 0.1) is 20.2 Å². The number of carbonyl (C=O) groups is 1. The van der Waals surface area contributed by atoms with E-state index in [1.807, 2.05) is 0 Å². The van der Waals surface area contributed by atoms with Gasteiger partial charge < -0.3 is 0 Å². The monoisotopic (exact) mass is 484 g/mol. The van der Waals surface area contributed by atoms with Crippen molar-refractivity contribution < 1.29 is 31.5 Å². The number of nitrogens with zero attached hydrogens (tertiary/aromatic N) is 2. The zero-order valence-electron chi connectivity index (χ0n) is 17.1. The van der Waals surface area contributed by atoms with Crippen molar-refractivity contribution in [2.45, 2.75) is 21.6 Å². The van der Waals surface area contributed by atoms with Gasteiger partial charge in [0.1, 0.15) is 11.8 Å². The van der Waals surface area contributed by atoms with Crippen LogP contribution in [0.4, 0.5) is 0 Å². The molecule has 0 saturated heterocycles. The minimum Gasteiger partial charge on any atom is -0.298 e. The topological polar surface area (TPSA) is 172 Å². The highest BCUT2D eigenvalue weighted by Gasteiger charge is 2.36. The molecular weight excluding hydrogens is 464 g/mol. The molecule has 2 atom stereocenters. The number of hydrogen-bond acceptors (Lipinski definition) is 9. The molecule has 32 heavy (non-hydrogen) atoms. The van der Waals surface area contributed by atoms with Gasteiger partial charge in [-0.05, 0) is 35.4 Å². The maximum Gasteiger partial charge on any atom is 0.217 e. The summed E-state index contributed by atoms with van der Waals surface area (Å²) >= 11 is 0. The lowest BCUT2D eigenvalue weighted by Crippen LogP contribution is -2.30. The van der Waals surface area contributed by atoms with E-state index in [9.17, 15) is 41.9 Å². The third kappa shape index (κ3) is 6.40. The Balaban J connectivity index is 2.51. The molecule has 0 saturated carbocycles. The van der Waals surface area contributed by atoms with Crippen LogP contribution in [0.5, 0.6) is 0 Å². The predicted molar refractivity (Wildman–Crippen MR) is 113 cm³/mol. The Morgan fingerprint density at radius 3 is 1.22 bits per heavy atom. The Morgan fingerprint density at radius 2 is 1.00 bits per heavy atom. The summed E-state index contributed by atoms with van der Waals surface area (Å²) in [5.41, 5.74) is 0.278. The molecule has 13 heteroatoms. The van der Waals surface area contributed by atoms with Gasteiger partial charge in [-0.3, -0.25) is 25.0 Å². The number of ketones is 1. The van der Waals surface area contributed by atoms with E-state index in [4.69, 9.17) is 0 Å². The molecule has 0 radical (unpaired) electrons. The molecule has 0 N–H and O–H groups in total. The Hall–Kier alpha value is -3.19. The maximum absolute atomic E-state index is 13.2. The standard InChI is InChI=1S/C19H20N2O9S2/c1-31(27,28)15-7-3-13(4-8-15)17(11-20(23)24)19(22)18(12-21(25)26)14-5-9-16(10-6-14)32(2,29)30/h3-10,17-18H,11-12H2,1-2H3. The third-order valence-corrected chi connectivity index (χ3v) is 7.03. The van der Waals surface area contributed by atoms with Crippen molar-refractivity contribution in [1.29, 1.82) is 0 Å². The Kier molecular flexibility index (Phi) is 7.46. The van der Waals surface area contributed by atoms with Gasteiger partial charge in [0.25, 0.3) is 0 Å². The maximum atomic E-state index is 13.2. The van der Waals surface area contributed by atoms with Gasteiger partial charge in [-0.15, -0.1) is 0 Å². The van der Waals surface area contributed by atoms with Crippen molar-refractivity contribution in [2.24, 2.45) is 0 Å². The van der Waals surface area contributed by atoms with Gasteiger partial charge in [-0.25, -0.2) is 16.8 Å². The molecule has 0 aliphatic rings. The van der Waals surface area contributed by atoms with Gasteiger partial charge in [-0.2, -0.15) is 0 Å². The Morgan fingerprint density at radius 1 is 0.719 bits per heavy atom. The number of benzene rings is 2. The minimum absolute atomic E-state index is 0.0493. The fraction of sp³-hybridized carbons (Fsp3) is 0.316. The third-order valence-electron chi connectivity index (χ3n) is 4.77. The zero-order valence-corrected chi connectivity index (χ0v) is 18.7. The first kappa shape index (κ1) is 25.1. The van der Waals surface area contributed by atoms with Crippen molar-refractivity contribution in [3.63, 3.8) is 0 Å². The summed E-state index contributed by atoms with van der Waals surface area (Å²) in [6, 6.07) is 9.86. The van der Waals surface area contributed by atoms with Crippen molar-refractivity contribution in [3.8, 4) is 0 Å². The predicted octanol–water partition coefficient (Wildman–Crippen LogP) is 1.48. The number of Topliss-reactive ketones (excluding diaryl/α,β-unsaturated/α-hetero) is 1. The van der Waals surface area contributed by atoms with Crippen LogP contribution in [0.1, 0.15) is 23.0 Å². The molecule has 0 aliphatic heterocycles. The normalized spacial score (nSPS) is 13.8. The summed E-state index contributed by atoms with van der Waals surface area (Å²) < 4.78 is 46.6. The van der Waals surface area contributed by atoms with Crippen LogP contribution in [0.2, 0.25) is 0 Å². The molecule has 0 bridgehead atoms. The summed E-state index contributed by atoms with van der Waals surface area (Å²) in [7, 11) is -7.07. The molecule has 172 valence electrons. The minimum atomic E-state index is -3.54. The summed E-state index contributed by atoms with van der Waals surface area (Å²) in [6.07, 6.45) is 1.96. The SMILES string of the molecule is CS(=O)(=O)c1ccc(C(C[N+](=O)[O-])C(=O)C(C[N+](=O)[O-])c2ccc(S(C)(=O)=O)cc2)cc1. The van der Waals surface area contributed by atoms with E-state index in [0.29, 0.717) is 0 Å². The molecule has 0 fully saturated rings. The first-order chi connectivity index (χ1) is 14.7. The van der Waals surface area contributed by atoms with Crippen LogP contribution in [0.25, 0.3) is 0 Å². The average Bonchev–Trinajstić information content (AvgIpc) is 2.68. The van der Waals surface area contributed by atoms with Gasteiger partial charge in [0, 0.05) is 22.4 Å². The smallest absolute Gasteiger partial charge is 0.217 e. The first-order valence-corrected chi connectivity index (χ1v) is 12.9. The molecule has 2 rings (SSSR count). The van der Waals surface area contributed by atoms with Crippen molar-refractivity contribution in [2.75, 3.05) is 25.6 Å². The highest BCUT2D eigenvalue weighted by atomic mass is 32.2. The largest absolute Gasteiger partial charge is 0.298 e. The number of sulfone groups is 2. The van der Waals surface area contributed by atoms with E-state index in [1.165, 1.54) is 48.5 Å². The quantitative estimate of drug-likeness (QED) is 0.357. The summed E-state index contributed by atoms with van der Waals surface area (Å²) in [4.78, 5) is 34.1. The molecule has 0 spiro atoms. The summed E-state index contributed by atoms with van der Waals surface area (Å²) in [5, 5.41) is 22.4. The molecule has 2 aromatic rings. The average molecular weight is 485 g/mol. The zero-order chi connectivity index (χ0) is 24.3. The molecule has 2 unspecified atom stereocenters. The van der Waals surface area contributed by atoms with Crippen molar-refractivity contribution in [3.05, 3.63) is 79.9 Å². The molecule has 2 aromatic carbocycles. The van der Waals surface area contributed by atoms with Gasteiger partial charge >= 0.3 is 0 Å². The Labute approximate surface area is 184 Å². The van der Waals surface area contributed by atoms with Gasteiger partial charge in [-0.1, -0.05) is 24.3 Å². The number of hydrogen-bond donors (Lipinski definition) is 0. The van der Waals surface area contributed by atoms with Crippen LogP contribution < -0.4 is 0 Å². The fourth-order valence-electron chi connectivity index (χ4n) is 3.15. The Bertz CT molecular complexity index is 1140. The number of rotatable bonds is 10.